The van der Waals surface area contributed by atoms with Crippen molar-refractivity contribution < 1.29 is 0 Å². The lowest BCUT2D eigenvalue weighted by molar-refractivity contribution is 0.246. The predicted molar refractivity (Wildman–Crippen MR) is 66.5 cm³/mol. The van der Waals surface area contributed by atoms with Gasteiger partial charge in [-0.2, -0.15) is 0 Å². The molecule has 1 aromatic heterocycles. The third kappa shape index (κ3) is 2.98. The molecule has 0 spiro atoms. The van der Waals surface area contributed by atoms with Crippen LogP contribution in [0.25, 0.3) is 0 Å². The van der Waals surface area contributed by atoms with Gasteiger partial charge in [0.05, 0.1) is 12.7 Å². The number of imidazole rings is 1. The van der Waals surface area contributed by atoms with Gasteiger partial charge in [0.1, 0.15) is 11.0 Å². The fraction of sp³-hybridized carbons (Fsp3) is 0.750. The Morgan fingerprint density at radius 2 is 2.31 bits per heavy atom. The van der Waals surface area contributed by atoms with Crippen LogP contribution in [0.15, 0.2) is 6.20 Å². The van der Waals surface area contributed by atoms with Crippen molar-refractivity contribution in [3.63, 3.8) is 0 Å². The number of halogens is 1. The first-order valence-corrected chi connectivity index (χ1v) is 6.47. The van der Waals surface area contributed by atoms with E-state index in [0.717, 1.165) is 30.0 Å². The molecule has 1 aromatic rings. The Hall–Kier alpha value is -0.540. The molecular formula is C12H20ClN3. The quantitative estimate of drug-likeness (QED) is 0.764. The highest BCUT2D eigenvalue weighted by molar-refractivity contribution is 6.29. The van der Waals surface area contributed by atoms with Gasteiger partial charge in [0.25, 0.3) is 0 Å². The molecule has 0 aromatic carbocycles. The van der Waals surface area contributed by atoms with Crippen LogP contribution >= 0.6 is 11.6 Å². The molecule has 0 aliphatic heterocycles. The van der Waals surface area contributed by atoms with E-state index >= 15 is 0 Å². The summed E-state index contributed by atoms with van der Waals surface area (Å²) in [5.74, 6) is 2.00. The Kier molecular flexibility index (Phi) is 3.87. The Balaban J connectivity index is 1.95. The first-order valence-electron chi connectivity index (χ1n) is 6.09. The number of hydrogen-bond acceptors (Lipinski definition) is 2. The van der Waals surface area contributed by atoms with E-state index < -0.39 is 0 Å². The van der Waals surface area contributed by atoms with Crippen LogP contribution in [0.5, 0.6) is 0 Å². The van der Waals surface area contributed by atoms with Gasteiger partial charge in [0, 0.05) is 13.6 Å². The van der Waals surface area contributed by atoms with E-state index in [1.807, 2.05) is 11.6 Å². The van der Waals surface area contributed by atoms with E-state index in [1.54, 1.807) is 6.20 Å². The third-order valence-electron chi connectivity index (χ3n) is 3.15. The Labute approximate surface area is 102 Å². The Morgan fingerprint density at radius 3 is 2.81 bits per heavy atom. The average molecular weight is 242 g/mol. The lowest BCUT2D eigenvalue weighted by Crippen LogP contribution is -2.27. The molecule has 0 atom stereocenters. The molecule has 1 fully saturated rings. The van der Waals surface area contributed by atoms with Gasteiger partial charge >= 0.3 is 0 Å². The molecule has 1 heterocycles. The number of nitrogens with zero attached hydrogens (tertiary/aromatic N) is 3. The van der Waals surface area contributed by atoms with E-state index in [-0.39, 0.29) is 0 Å². The summed E-state index contributed by atoms with van der Waals surface area (Å²) in [5.41, 5.74) is 0. The molecule has 1 aliphatic carbocycles. The molecule has 0 unspecified atom stereocenters. The van der Waals surface area contributed by atoms with Crippen LogP contribution in [0.2, 0.25) is 5.15 Å². The van der Waals surface area contributed by atoms with Gasteiger partial charge in [-0.1, -0.05) is 18.5 Å². The van der Waals surface area contributed by atoms with Crippen molar-refractivity contribution in [2.75, 3.05) is 13.1 Å². The van der Waals surface area contributed by atoms with Crippen molar-refractivity contribution in [1.82, 2.24) is 14.5 Å². The summed E-state index contributed by atoms with van der Waals surface area (Å²) in [6, 6.07) is 0. The molecule has 3 nitrogen and oxygen atoms in total. The summed E-state index contributed by atoms with van der Waals surface area (Å²) >= 11 is 5.99. The molecule has 1 aliphatic rings. The van der Waals surface area contributed by atoms with Gasteiger partial charge in [0.2, 0.25) is 0 Å². The minimum Gasteiger partial charge on any atom is -0.321 e. The minimum absolute atomic E-state index is 0.720. The standard InChI is InChI=1S/C12H20ClN3/c1-3-6-16(8-10-4-5-10)9-12-14-7-11(13)15(12)2/h7,10H,3-6,8-9H2,1-2H3. The first kappa shape index (κ1) is 11.9. The second kappa shape index (κ2) is 5.19. The predicted octanol–water partition coefficient (Wildman–Crippen LogP) is 2.70. The molecule has 1 saturated carbocycles. The molecular weight excluding hydrogens is 222 g/mol. The summed E-state index contributed by atoms with van der Waals surface area (Å²) in [6.45, 7) is 5.53. The van der Waals surface area contributed by atoms with Crippen LogP contribution in [0.4, 0.5) is 0 Å². The van der Waals surface area contributed by atoms with Crippen molar-refractivity contribution in [2.45, 2.75) is 32.7 Å². The smallest absolute Gasteiger partial charge is 0.128 e. The van der Waals surface area contributed by atoms with Crippen LogP contribution in [0.1, 0.15) is 32.0 Å². The maximum atomic E-state index is 5.99. The van der Waals surface area contributed by atoms with Crippen molar-refractivity contribution in [3.05, 3.63) is 17.2 Å². The maximum Gasteiger partial charge on any atom is 0.128 e. The molecule has 90 valence electrons. The van der Waals surface area contributed by atoms with Gasteiger partial charge in [-0.05, 0) is 31.7 Å². The van der Waals surface area contributed by atoms with E-state index in [4.69, 9.17) is 11.6 Å². The van der Waals surface area contributed by atoms with Crippen molar-refractivity contribution in [1.29, 1.82) is 0 Å². The topological polar surface area (TPSA) is 21.1 Å². The van der Waals surface area contributed by atoms with Crippen LogP contribution in [-0.2, 0) is 13.6 Å². The van der Waals surface area contributed by atoms with E-state index in [9.17, 15) is 0 Å². The van der Waals surface area contributed by atoms with Crippen molar-refractivity contribution >= 4 is 11.6 Å². The highest BCUT2D eigenvalue weighted by Crippen LogP contribution is 2.30. The second-order valence-electron chi connectivity index (χ2n) is 4.73. The molecule has 16 heavy (non-hydrogen) atoms. The SMILES string of the molecule is CCCN(Cc1ncc(Cl)n1C)CC1CC1. The molecule has 0 radical (unpaired) electrons. The fourth-order valence-electron chi connectivity index (χ4n) is 1.99. The number of rotatable bonds is 6. The molecule has 0 saturated heterocycles. The van der Waals surface area contributed by atoms with Gasteiger partial charge in [-0.15, -0.1) is 0 Å². The first-order chi connectivity index (χ1) is 7.70. The summed E-state index contributed by atoms with van der Waals surface area (Å²) in [6.07, 6.45) is 5.74. The number of aromatic nitrogens is 2. The van der Waals surface area contributed by atoms with Crippen LogP contribution < -0.4 is 0 Å². The minimum atomic E-state index is 0.720. The molecule has 0 N–H and O–H groups in total. The van der Waals surface area contributed by atoms with Gasteiger partial charge in [0.15, 0.2) is 0 Å². The summed E-state index contributed by atoms with van der Waals surface area (Å²) in [5, 5.41) is 0.720. The zero-order chi connectivity index (χ0) is 11.5. The zero-order valence-electron chi connectivity index (χ0n) is 10.1. The lowest BCUT2D eigenvalue weighted by Gasteiger charge is -2.21. The molecule has 2 rings (SSSR count). The molecule has 4 heteroatoms. The van der Waals surface area contributed by atoms with Gasteiger partial charge in [-0.25, -0.2) is 4.98 Å². The summed E-state index contributed by atoms with van der Waals surface area (Å²) < 4.78 is 1.97. The molecule has 0 bridgehead atoms. The average Bonchev–Trinajstić information content (AvgIpc) is 3.01. The highest BCUT2D eigenvalue weighted by atomic mass is 35.5. The van der Waals surface area contributed by atoms with Crippen molar-refractivity contribution in [2.24, 2.45) is 13.0 Å². The highest BCUT2D eigenvalue weighted by Gasteiger charge is 2.24. The third-order valence-corrected chi connectivity index (χ3v) is 3.50. The fourth-order valence-corrected chi connectivity index (χ4v) is 2.13. The Morgan fingerprint density at radius 1 is 1.56 bits per heavy atom. The van der Waals surface area contributed by atoms with Crippen LogP contribution in [0, 0.1) is 5.92 Å². The summed E-state index contributed by atoms with van der Waals surface area (Å²) in [4.78, 5) is 6.85. The number of hydrogen-bond donors (Lipinski definition) is 0. The van der Waals surface area contributed by atoms with Gasteiger partial charge in [-0.3, -0.25) is 4.90 Å². The second-order valence-corrected chi connectivity index (χ2v) is 5.12. The van der Waals surface area contributed by atoms with Gasteiger partial charge < -0.3 is 4.57 Å². The van der Waals surface area contributed by atoms with E-state index in [1.165, 1.54) is 25.8 Å². The Bertz CT molecular complexity index is 344. The monoisotopic (exact) mass is 241 g/mol. The van der Waals surface area contributed by atoms with E-state index in [2.05, 4.69) is 16.8 Å². The van der Waals surface area contributed by atoms with Crippen LogP contribution in [-0.4, -0.2) is 27.5 Å². The van der Waals surface area contributed by atoms with Crippen molar-refractivity contribution in [3.8, 4) is 0 Å². The maximum absolute atomic E-state index is 5.99. The van der Waals surface area contributed by atoms with Crippen LogP contribution in [0.3, 0.4) is 0 Å². The normalized spacial score (nSPS) is 16.0. The largest absolute Gasteiger partial charge is 0.321 e. The van der Waals surface area contributed by atoms with E-state index in [0.29, 0.717) is 0 Å². The lowest BCUT2D eigenvalue weighted by atomic mass is 10.3. The summed E-state index contributed by atoms with van der Waals surface area (Å²) in [7, 11) is 1.98. The zero-order valence-corrected chi connectivity index (χ0v) is 10.9. The molecule has 0 amide bonds.